The van der Waals surface area contributed by atoms with Crippen LogP contribution in [-0.2, 0) is 0 Å². The highest BCUT2D eigenvalue weighted by Crippen LogP contribution is 2.30. The van der Waals surface area contributed by atoms with E-state index in [0.717, 1.165) is 24.3 Å². The van der Waals surface area contributed by atoms with Gasteiger partial charge in [0.25, 0.3) is 0 Å². The molecule has 1 aromatic rings. The number of hydrogen-bond donors (Lipinski definition) is 1. The van der Waals surface area contributed by atoms with Crippen LogP contribution in [0.3, 0.4) is 0 Å². The Bertz CT molecular complexity index is 476. The Morgan fingerprint density at radius 3 is 2.89 bits per heavy atom. The quantitative estimate of drug-likeness (QED) is 0.866. The summed E-state index contributed by atoms with van der Waals surface area (Å²) in [5.41, 5.74) is 7.83. The van der Waals surface area contributed by atoms with Crippen molar-refractivity contribution >= 4 is 34.5 Å². The molecule has 2 N–H and O–H groups in total. The summed E-state index contributed by atoms with van der Waals surface area (Å²) in [5, 5.41) is 0.676. The minimum absolute atomic E-state index is 0.410. The van der Waals surface area contributed by atoms with Gasteiger partial charge < -0.3 is 15.5 Å². The third-order valence-corrected chi connectivity index (χ3v) is 3.94. The number of halogens is 1. The molecule has 1 saturated heterocycles. The van der Waals surface area contributed by atoms with Gasteiger partial charge in [-0.3, -0.25) is 0 Å². The number of rotatable bonds is 4. The van der Waals surface area contributed by atoms with Crippen molar-refractivity contribution in [3.05, 3.63) is 28.8 Å². The average molecular weight is 298 g/mol. The van der Waals surface area contributed by atoms with E-state index in [1.165, 1.54) is 12.8 Å². The summed E-state index contributed by atoms with van der Waals surface area (Å²) in [6.45, 7) is 2.09. The van der Waals surface area contributed by atoms with Crippen LogP contribution in [0.25, 0.3) is 0 Å². The van der Waals surface area contributed by atoms with E-state index in [-0.39, 0.29) is 0 Å². The van der Waals surface area contributed by atoms with Crippen LogP contribution in [0, 0.1) is 0 Å². The Hall–Kier alpha value is -0.840. The van der Waals surface area contributed by atoms with Gasteiger partial charge in [0.1, 0.15) is 4.99 Å². The summed E-state index contributed by atoms with van der Waals surface area (Å²) in [4.78, 5) is 5.04. The van der Waals surface area contributed by atoms with Gasteiger partial charge in [0.15, 0.2) is 0 Å². The molecular weight excluding hydrogens is 278 g/mol. The maximum Gasteiger partial charge on any atom is 0.106 e. The molecule has 0 saturated carbocycles. The van der Waals surface area contributed by atoms with Crippen molar-refractivity contribution in [2.24, 2.45) is 5.73 Å². The maximum absolute atomic E-state index is 6.05. The van der Waals surface area contributed by atoms with E-state index in [9.17, 15) is 0 Å². The van der Waals surface area contributed by atoms with Crippen LogP contribution >= 0.6 is 23.8 Å². The number of thiocarbonyl (C=S) groups is 1. The summed E-state index contributed by atoms with van der Waals surface area (Å²) in [6.07, 6.45) is 2.41. The molecule has 5 heteroatoms. The summed E-state index contributed by atoms with van der Waals surface area (Å²) >= 11 is 11.2. The molecule has 0 radical (unpaired) electrons. The van der Waals surface area contributed by atoms with Gasteiger partial charge in [-0.1, -0.05) is 23.8 Å². The number of benzene rings is 1. The summed E-state index contributed by atoms with van der Waals surface area (Å²) in [6, 6.07) is 6.32. The molecule has 1 atom stereocenters. The first-order valence-electron chi connectivity index (χ1n) is 6.50. The summed E-state index contributed by atoms with van der Waals surface area (Å²) in [5.74, 6) is 0. The third-order valence-electron chi connectivity index (χ3n) is 3.49. The molecule has 0 bridgehead atoms. The van der Waals surface area contributed by atoms with Gasteiger partial charge in [-0.15, -0.1) is 0 Å². The maximum atomic E-state index is 6.05. The van der Waals surface area contributed by atoms with E-state index in [1.807, 2.05) is 18.2 Å². The first-order chi connectivity index (χ1) is 8.99. The van der Waals surface area contributed by atoms with E-state index >= 15 is 0 Å². The van der Waals surface area contributed by atoms with Crippen molar-refractivity contribution < 1.29 is 0 Å². The first kappa shape index (κ1) is 14.6. The molecule has 2 rings (SSSR count). The number of likely N-dealkylation sites (N-methyl/N-ethyl adjacent to an activating group) is 1. The molecule has 1 aliphatic heterocycles. The fraction of sp³-hybridized carbons (Fsp3) is 0.500. The van der Waals surface area contributed by atoms with Crippen LogP contribution in [0.15, 0.2) is 18.2 Å². The Labute approximate surface area is 125 Å². The molecule has 1 aromatic carbocycles. The fourth-order valence-corrected chi connectivity index (χ4v) is 3.06. The second kappa shape index (κ2) is 6.07. The molecule has 0 amide bonds. The first-order valence-corrected chi connectivity index (χ1v) is 7.28. The Balaban J connectivity index is 2.32. The molecular formula is C14H20ClN3S. The normalized spacial score (nSPS) is 19.2. The topological polar surface area (TPSA) is 32.5 Å². The lowest BCUT2D eigenvalue weighted by molar-refractivity contribution is 0.372. The summed E-state index contributed by atoms with van der Waals surface area (Å²) < 4.78 is 0. The predicted molar refractivity (Wildman–Crippen MR) is 86.3 cm³/mol. The number of anilines is 1. The zero-order chi connectivity index (χ0) is 14.0. The number of nitrogens with zero attached hydrogens (tertiary/aromatic N) is 2. The molecule has 0 aromatic heterocycles. The largest absolute Gasteiger partial charge is 0.389 e. The van der Waals surface area contributed by atoms with Crippen LogP contribution in [-0.4, -0.2) is 43.1 Å². The van der Waals surface area contributed by atoms with Crippen LogP contribution in [0.2, 0.25) is 5.02 Å². The zero-order valence-electron chi connectivity index (χ0n) is 11.4. The lowest BCUT2D eigenvalue weighted by Crippen LogP contribution is -2.38. The number of hydrogen-bond acceptors (Lipinski definition) is 3. The highest BCUT2D eigenvalue weighted by atomic mass is 35.5. The van der Waals surface area contributed by atoms with Crippen molar-refractivity contribution in [1.29, 1.82) is 0 Å². The minimum atomic E-state index is 0.410. The van der Waals surface area contributed by atoms with Crippen LogP contribution < -0.4 is 10.6 Å². The molecule has 104 valence electrons. The van der Waals surface area contributed by atoms with Crippen molar-refractivity contribution in [1.82, 2.24) is 4.90 Å². The molecule has 19 heavy (non-hydrogen) atoms. The molecule has 1 aliphatic rings. The van der Waals surface area contributed by atoms with Crippen LogP contribution in [0.5, 0.6) is 0 Å². The predicted octanol–water partition coefficient (Wildman–Crippen LogP) is 2.50. The van der Waals surface area contributed by atoms with E-state index in [1.54, 1.807) is 0 Å². The van der Waals surface area contributed by atoms with Gasteiger partial charge in [0.2, 0.25) is 0 Å². The lowest BCUT2D eigenvalue weighted by atomic mass is 10.1. The third kappa shape index (κ3) is 3.38. The monoisotopic (exact) mass is 297 g/mol. The summed E-state index contributed by atoms with van der Waals surface area (Å²) in [7, 11) is 4.21. The molecule has 1 fully saturated rings. The highest BCUT2D eigenvalue weighted by molar-refractivity contribution is 7.80. The van der Waals surface area contributed by atoms with Crippen LogP contribution in [0.4, 0.5) is 5.69 Å². The Morgan fingerprint density at radius 1 is 1.53 bits per heavy atom. The second-order valence-electron chi connectivity index (χ2n) is 5.28. The van der Waals surface area contributed by atoms with Gasteiger partial charge in [-0.25, -0.2) is 0 Å². The van der Waals surface area contributed by atoms with Crippen molar-refractivity contribution in [2.45, 2.75) is 18.9 Å². The van der Waals surface area contributed by atoms with Gasteiger partial charge in [-0.2, -0.15) is 0 Å². The molecule has 0 aliphatic carbocycles. The SMILES string of the molecule is CN(C)CC1CCCN1c1ccc(Cl)cc1C(N)=S. The van der Waals surface area contributed by atoms with E-state index in [2.05, 4.69) is 23.9 Å². The second-order valence-corrected chi connectivity index (χ2v) is 6.15. The Morgan fingerprint density at radius 2 is 2.26 bits per heavy atom. The minimum Gasteiger partial charge on any atom is -0.389 e. The zero-order valence-corrected chi connectivity index (χ0v) is 13.0. The Kier molecular flexibility index (Phi) is 4.66. The smallest absolute Gasteiger partial charge is 0.106 e. The molecule has 1 heterocycles. The van der Waals surface area contributed by atoms with Gasteiger partial charge >= 0.3 is 0 Å². The van der Waals surface area contributed by atoms with Crippen molar-refractivity contribution in [3.8, 4) is 0 Å². The average Bonchev–Trinajstić information content (AvgIpc) is 2.76. The van der Waals surface area contributed by atoms with Gasteiger partial charge in [0, 0.05) is 35.4 Å². The van der Waals surface area contributed by atoms with Crippen LogP contribution in [0.1, 0.15) is 18.4 Å². The van der Waals surface area contributed by atoms with E-state index in [0.29, 0.717) is 16.1 Å². The van der Waals surface area contributed by atoms with E-state index in [4.69, 9.17) is 29.6 Å². The van der Waals surface area contributed by atoms with Gasteiger partial charge in [0.05, 0.1) is 0 Å². The number of nitrogens with two attached hydrogens (primary N) is 1. The molecule has 0 spiro atoms. The van der Waals surface area contributed by atoms with Gasteiger partial charge in [-0.05, 0) is 45.1 Å². The highest BCUT2D eigenvalue weighted by Gasteiger charge is 2.27. The van der Waals surface area contributed by atoms with Crippen molar-refractivity contribution in [3.63, 3.8) is 0 Å². The van der Waals surface area contributed by atoms with E-state index < -0.39 is 0 Å². The standard InChI is InChI=1S/C14H20ClN3S/c1-17(2)9-11-4-3-7-18(11)13-6-5-10(15)8-12(13)14(16)19/h5-6,8,11H,3-4,7,9H2,1-2H3,(H2,16,19). The molecule has 3 nitrogen and oxygen atoms in total. The lowest BCUT2D eigenvalue weighted by Gasteiger charge is -2.30. The van der Waals surface area contributed by atoms with Crippen molar-refractivity contribution in [2.75, 3.05) is 32.1 Å². The fourth-order valence-electron chi connectivity index (χ4n) is 2.72. The molecule has 1 unspecified atom stereocenters.